The van der Waals surface area contributed by atoms with Gasteiger partial charge in [-0.25, -0.2) is 8.78 Å². The number of amides is 1. The molecule has 50 heavy (non-hydrogen) atoms. The van der Waals surface area contributed by atoms with Crippen molar-refractivity contribution < 1.29 is 46.5 Å². The summed E-state index contributed by atoms with van der Waals surface area (Å²) in [6.07, 6.45) is -4.15. The third-order valence-corrected chi connectivity index (χ3v) is 8.70. The molecule has 1 aliphatic rings. The smallest absolute Gasteiger partial charge is 0.416 e. The minimum atomic E-state index is -4.88. The molecule has 3 N–H and O–H groups in total. The number of carbonyl (C=O) groups is 2. The summed E-state index contributed by atoms with van der Waals surface area (Å²) < 4.78 is 79.3. The fourth-order valence-corrected chi connectivity index (χ4v) is 6.20. The van der Waals surface area contributed by atoms with Gasteiger partial charge >= 0.3 is 12.1 Å². The number of nitrogens with one attached hydrogen (secondary N) is 1. The molecule has 1 unspecified atom stereocenters. The van der Waals surface area contributed by atoms with E-state index in [0.717, 1.165) is 18.3 Å². The van der Waals surface area contributed by atoms with Gasteiger partial charge < -0.3 is 20.3 Å². The van der Waals surface area contributed by atoms with Crippen molar-refractivity contribution in [2.45, 2.75) is 70.8 Å². The van der Waals surface area contributed by atoms with Crippen LogP contribution < -0.4 is 10.9 Å². The molecule has 1 aliphatic carbocycles. The molecule has 2 atom stereocenters. The van der Waals surface area contributed by atoms with E-state index in [2.05, 4.69) is 5.32 Å². The molecule has 8 nitrogen and oxygen atoms in total. The van der Waals surface area contributed by atoms with E-state index in [1.165, 1.54) is 31.2 Å². The van der Waals surface area contributed by atoms with Crippen molar-refractivity contribution in [3.05, 3.63) is 122 Å². The summed E-state index contributed by atoms with van der Waals surface area (Å²) in [5.74, 6) is -4.66. The fraction of sp³-hybridized carbons (Fsp3) is 0.324. The summed E-state index contributed by atoms with van der Waals surface area (Å²) >= 11 is 0. The van der Waals surface area contributed by atoms with Gasteiger partial charge in [0.05, 0.1) is 31.2 Å². The molecule has 3 aromatic carbocycles. The topological polar surface area (TPSA) is 118 Å². The number of carbonyl (C=O) groups excluding carboxylic acids is 2. The first-order valence-corrected chi connectivity index (χ1v) is 15.9. The second-order valence-electron chi connectivity index (χ2n) is 12.3. The molecule has 264 valence electrons. The number of aryl methyl sites for hydroxylation is 2. The first kappa shape index (κ1) is 36.2. The molecule has 4 aromatic rings. The number of aliphatic hydroxyl groups excluding tert-OH is 1. The Bertz CT molecular complexity index is 1980. The highest BCUT2D eigenvalue weighted by Crippen LogP contribution is 2.44. The molecule has 0 saturated heterocycles. The lowest BCUT2D eigenvalue weighted by Gasteiger charge is -2.27. The quantitative estimate of drug-likeness (QED) is 0.116. The maximum absolute atomic E-state index is 16.0. The van der Waals surface area contributed by atoms with Gasteiger partial charge in [-0.15, -0.1) is 0 Å². The Morgan fingerprint density at radius 1 is 1.02 bits per heavy atom. The van der Waals surface area contributed by atoms with E-state index in [1.807, 2.05) is 0 Å². The Hall–Kier alpha value is -5.04. The number of phenols is 1. The lowest BCUT2D eigenvalue weighted by molar-refractivity contribution is -0.144. The fourth-order valence-electron chi connectivity index (χ4n) is 6.20. The molecule has 1 saturated carbocycles. The normalized spacial score (nSPS) is 14.3. The molecule has 0 radical (unpaired) electrons. The Morgan fingerprint density at radius 2 is 1.74 bits per heavy atom. The summed E-state index contributed by atoms with van der Waals surface area (Å²) in [7, 11) is 0. The minimum absolute atomic E-state index is 0.0508. The zero-order chi connectivity index (χ0) is 36.5. The average molecular weight is 699 g/mol. The number of aromatic hydroxyl groups is 1. The Morgan fingerprint density at radius 3 is 2.36 bits per heavy atom. The molecular formula is C37H35F5N2O6. The molecule has 0 spiro atoms. The number of aromatic nitrogens is 1. The van der Waals surface area contributed by atoms with Crippen molar-refractivity contribution in [3.8, 4) is 16.9 Å². The van der Waals surface area contributed by atoms with Crippen molar-refractivity contribution in [1.29, 1.82) is 0 Å². The van der Waals surface area contributed by atoms with Gasteiger partial charge in [-0.2, -0.15) is 13.2 Å². The number of halogens is 5. The number of rotatable bonds is 11. The molecular weight excluding hydrogens is 663 g/mol. The summed E-state index contributed by atoms with van der Waals surface area (Å²) in [6.45, 7) is 4.07. The number of nitrogens with zero attached hydrogens (tertiary/aromatic N) is 1. The van der Waals surface area contributed by atoms with Crippen LogP contribution in [0.2, 0.25) is 0 Å². The molecule has 5 rings (SSSR count). The first-order valence-electron chi connectivity index (χ1n) is 15.9. The van der Waals surface area contributed by atoms with Crippen LogP contribution in [-0.2, 0) is 27.1 Å². The maximum atomic E-state index is 16.0. The summed E-state index contributed by atoms with van der Waals surface area (Å²) in [5.41, 5.74) is -1.98. The van der Waals surface area contributed by atoms with E-state index in [1.54, 1.807) is 26.0 Å². The number of ether oxygens (including phenoxy) is 1. The van der Waals surface area contributed by atoms with E-state index in [4.69, 9.17) is 4.74 Å². The van der Waals surface area contributed by atoms with E-state index in [9.17, 15) is 37.8 Å². The summed E-state index contributed by atoms with van der Waals surface area (Å²) in [6, 6.07) is 8.08. The van der Waals surface area contributed by atoms with Crippen molar-refractivity contribution in [2.75, 3.05) is 6.61 Å². The van der Waals surface area contributed by atoms with E-state index >= 15 is 8.78 Å². The van der Waals surface area contributed by atoms with Crippen LogP contribution in [0.4, 0.5) is 22.0 Å². The predicted octanol–water partition coefficient (Wildman–Crippen LogP) is 6.90. The molecule has 1 aromatic heterocycles. The number of esters is 1. The standard InChI is InChI=1S/C37H35F5N2O6/c1-4-50-30(47)17-28(25-16-23(14-20(3)33(25)39)31-19(2)6-5-7-29(31)46)43-35(48)34(24-15-21(18-45)8-11-27(24)38)44-13-12-26(37(40,41)42)32(36(44)49)22-9-10-22/h5-8,11-16,22,28,34,45-46H,4,9-10,17-18H2,1-3H3,(H,43,48)/t28-,34?/m0/s1. The number of hydrogen-bond donors (Lipinski definition) is 3. The average Bonchev–Trinajstić information content (AvgIpc) is 3.89. The van der Waals surface area contributed by atoms with Gasteiger partial charge in [0.15, 0.2) is 0 Å². The highest BCUT2D eigenvalue weighted by molar-refractivity contribution is 5.85. The summed E-state index contributed by atoms with van der Waals surface area (Å²) in [5, 5.41) is 23.0. The summed E-state index contributed by atoms with van der Waals surface area (Å²) in [4.78, 5) is 41.1. The van der Waals surface area contributed by atoms with E-state index in [-0.39, 0.29) is 29.0 Å². The highest BCUT2D eigenvalue weighted by atomic mass is 19.4. The second kappa shape index (κ2) is 14.4. The van der Waals surface area contributed by atoms with Gasteiger partial charge in [-0.1, -0.05) is 18.2 Å². The highest BCUT2D eigenvalue weighted by Gasteiger charge is 2.42. The van der Waals surface area contributed by atoms with Crippen LogP contribution in [0.5, 0.6) is 5.75 Å². The van der Waals surface area contributed by atoms with E-state index in [0.29, 0.717) is 40.2 Å². The lowest BCUT2D eigenvalue weighted by Crippen LogP contribution is -2.42. The number of benzene rings is 3. The van der Waals surface area contributed by atoms with Gasteiger partial charge in [-0.3, -0.25) is 19.0 Å². The SMILES string of the molecule is CCOC(=O)C[C@H](NC(=O)C(c1cc(CO)ccc1F)n1ccc(C(F)(F)F)c(C2CC2)c1=O)c1cc(-c2c(C)cccc2O)cc(C)c1F. The minimum Gasteiger partial charge on any atom is -0.507 e. The van der Waals surface area contributed by atoms with Gasteiger partial charge in [-0.05, 0) is 98.2 Å². The van der Waals surface area contributed by atoms with Crippen LogP contribution in [0.15, 0.2) is 65.6 Å². The number of hydrogen-bond acceptors (Lipinski definition) is 6. The van der Waals surface area contributed by atoms with Crippen LogP contribution in [0.3, 0.4) is 0 Å². The molecule has 0 aliphatic heterocycles. The van der Waals surface area contributed by atoms with Crippen LogP contribution in [0.1, 0.15) is 83.1 Å². The van der Waals surface area contributed by atoms with Crippen molar-refractivity contribution in [1.82, 2.24) is 9.88 Å². The number of alkyl halides is 3. The van der Waals surface area contributed by atoms with Gasteiger partial charge in [0, 0.05) is 28.5 Å². The van der Waals surface area contributed by atoms with Crippen molar-refractivity contribution >= 4 is 11.9 Å². The third-order valence-electron chi connectivity index (χ3n) is 8.70. The Labute approximate surface area is 284 Å². The zero-order valence-corrected chi connectivity index (χ0v) is 27.4. The van der Waals surface area contributed by atoms with Gasteiger partial charge in [0.1, 0.15) is 23.4 Å². The molecule has 0 bridgehead atoms. The number of aliphatic hydroxyl groups is 1. The van der Waals surface area contributed by atoms with Gasteiger partial charge in [0.2, 0.25) is 5.91 Å². The van der Waals surface area contributed by atoms with Crippen LogP contribution in [0.25, 0.3) is 11.1 Å². The van der Waals surface area contributed by atoms with Gasteiger partial charge in [0.25, 0.3) is 5.56 Å². The Kier molecular flexibility index (Phi) is 10.5. The maximum Gasteiger partial charge on any atom is 0.416 e. The zero-order valence-electron chi connectivity index (χ0n) is 27.4. The Balaban J connectivity index is 1.69. The molecule has 13 heteroatoms. The largest absolute Gasteiger partial charge is 0.507 e. The van der Waals surface area contributed by atoms with Crippen molar-refractivity contribution in [3.63, 3.8) is 0 Å². The third kappa shape index (κ3) is 7.42. The molecule has 1 heterocycles. The molecule has 1 fully saturated rings. The number of pyridine rings is 1. The first-order chi connectivity index (χ1) is 23.7. The van der Waals surface area contributed by atoms with Crippen LogP contribution >= 0.6 is 0 Å². The van der Waals surface area contributed by atoms with E-state index < -0.39 is 83.0 Å². The predicted molar refractivity (Wildman–Crippen MR) is 173 cm³/mol. The number of phenolic OH excluding ortho intramolecular Hbond substituents is 1. The monoisotopic (exact) mass is 698 g/mol. The van der Waals surface area contributed by atoms with Crippen LogP contribution in [0, 0.1) is 25.5 Å². The second-order valence-corrected chi connectivity index (χ2v) is 12.3. The molecule has 1 amide bonds. The van der Waals surface area contributed by atoms with Crippen molar-refractivity contribution in [2.24, 2.45) is 0 Å². The van der Waals surface area contributed by atoms with Crippen LogP contribution in [-0.4, -0.2) is 33.3 Å². The lowest BCUT2D eigenvalue weighted by atomic mass is 9.92.